The minimum Gasteiger partial charge on any atom is -0.507 e. The first kappa shape index (κ1) is 31.7. The number of hydrogen-bond donors (Lipinski definition) is 1. The van der Waals surface area contributed by atoms with Gasteiger partial charge in [-0.3, -0.25) is 4.90 Å². The van der Waals surface area contributed by atoms with Crippen LogP contribution >= 0.6 is 0 Å². The topological polar surface area (TPSA) is 49.3 Å². The molecule has 4 aromatic carbocycles. The van der Waals surface area contributed by atoms with Gasteiger partial charge in [-0.15, -0.1) is 0 Å². The maximum Gasteiger partial charge on any atom is 0.137 e. The second-order valence-corrected chi connectivity index (χ2v) is 14.3. The summed E-state index contributed by atoms with van der Waals surface area (Å²) in [6, 6.07) is 43.7. The molecule has 0 bridgehead atoms. The summed E-state index contributed by atoms with van der Waals surface area (Å²) in [4.78, 5) is 12.2. The van der Waals surface area contributed by atoms with Crippen LogP contribution in [0.4, 0.5) is 17.2 Å². The van der Waals surface area contributed by atoms with Crippen molar-refractivity contribution in [3.8, 4) is 28.3 Å². The fraction of sp³-hybridized carbons (Fsp3) is 0.209. The number of benzene rings is 4. The Balaban J connectivity index is 1.54. The van der Waals surface area contributed by atoms with Gasteiger partial charge in [-0.2, -0.15) is 0 Å². The maximum absolute atomic E-state index is 11.2. The Labute approximate surface area is 279 Å². The van der Waals surface area contributed by atoms with Crippen molar-refractivity contribution in [1.29, 1.82) is 0 Å². The van der Waals surface area contributed by atoms with E-state index in [9.17, 15) is 5.11 Å². The van der Waals surface area contributed by atoms with E-state index in [4.69, 9.17) is 9.97 Å². The highest BCUT2D eigenvalue weighted by atomic mass is 16.3. The summed E-state index contributed by atoms with van der Waals surface area (Å²) in [5, 5.41) is 11.2. The molecule has 4 nitrogen and oxygen atoms in total. The molecule has 0 aliphatic carbocycles. The molecule has 47 heavy (non-hydrogen) atoms. The van der Waals surface area contributed by atoms with E-state index >= 15 is 0 Å². The minimum atomic E-state index is -0.141. The number of aromatic hydroxyl groups is 1. The molecule has 0 saturated carbocycles. The number of anilines is 3. The molecule has 0 spiro atoms. The normalized spacial score (nSPS) is 11.8. The first-order chi connectivity index (χ1) is 22.5. The lowest BCUT2D eigenvalue weighted by atomic mass is 9.83. The van der Waals surface area contributed by atoms with Gasteiger partial charge in [0.1, 0.15) is 11.6 Å². The number of phenols is 1. The molecule has 0 saturated heterocycles. The van der Waals surface area contributed by atoms with Crippen LogP contribution in [0.3, 0.4) is 0 Å². The van der Waals surface area contributed by atoms with Crippen LogP contribution in [-0.4, -0.2) is 15.1 Å². The van der Waals surface area contributed by atoms with Gasteiger partial charge in [0.2, 0.25) is 0 Å². The van der Waals surface area contributed by atoms with E-state index < -0.39 is 0 Å². The van der Waals surface area contributed by atoms with Gasteiger partial charge in [0.25, 0.3) is 0 Å². The van der Waals surface area contributed by atoms with E-state index in [1.165, 1.54) is 11.1 Å². The van der Waals surface area contributed by atoms with Crippen molar-refractivity contribution >= 4 is 17.2 Å². The third-order valence-electron chi connectivity index (χ3n) is 8.51. The quantitative estimate of drug-likeness (QED) is 0.194. The number of hydrogen-bond acceptors (Lipinski definition) is 4. The predicted molar refractivity (Wildman–Crippen MR) is 196 cm³/mol. The van der Waals surface area contributed by atoms with Crippen LogP contribution in [0.1, 0.15) is 63.8 Å². The Bertz CT molecular complexity index is 1930. The molecule has 0 amide bonds. The molecule has 1 N–H and O–H groups in total. The van der Waals surface area contributed by atoms with Gasteiger partial charge in [-0.05, 0) is 106 Å². The van der Waals surface area contributed by atoms with Crippen LogP contribution in [0, 0.1) is 0 Å². The molecule has 0 unspecified atom stereocenters. The average molecular weight is 618 g/mol. The van der Waals surface area contributed by atoms with Crippen LogP contribution in [-0.2, 0) is 17.3 Å². The van der Waals surface area contributed by atoms with Gasteiger partial charge in [0.05, 0.1) is 11.4 Å². The van der Waals surface area contributed by atoms with Crippen LogP contribution in [0.5, 0.6) is 5.75 Å². The first-order valence-corrected chi connectivity index (χ1v) is 16.3. The third kappa shape index (κ3) is 7.28. The molecule has 0 aliphatic heterocycles. The number of phenolic OH excluding ortho intramolecular Hbond substituents is 1. The molecule has 0 radical (unpaired) electrons. The second-order valence-electron chi connectivity index (χ2n) is 14.3. The molecule has 2 aromatic heterocycles. The van der Waals surface area contributed by atoms with E-state index in [0.717, 1.165) is 57.3 Å². The summed E-state index contributed by atoms with van der Waals surface area (Å²) >= 11 is 0. The zero-order chi connectivity index (χ0) is 33.2. The molecular weight excluding hydrogens is 574 g/mol. The van der Waals surface area contributed by atoms with Crippen LogP contribution in [0.2, 0.25) is 0 Å². The Kier molecular flexibility index (Phi) is 8.70. The summed E-state index contributed by atoms with van der Waals surface area (Å²) in [6.07, 6.45) is 2.61. The van der Waals surface area contributed by atoms with Gasteiger partial charge in [-0.1, -0.05) is 102 Å². The lowest BCUT2D eigenvalue weighted by molar-refractivity contribution is 0.477. The van der Waals surface area contributed by atoms with Gasteiger partial charge in [-0.25, -0.2) is 9.97 Å². The highest BCUT2D eigenvalue weighted by molar-refractivity contribution is 5.80. The van der Waals surface area contributed by atoms with Crippen molar-refractivity contribution in [3.05, 3.63) is 156 Å². The largest absolute Gasteiger partial charge is 0.507 e. The summed E-state index contributed by atoms with van der Waals surface area (Å²) in [6.45, 7) is 13.4. The Morgan fingerprint density at radius 2 is 1.21 bits per heavy atom. The second kappa shape index (κ2) is 12.9. The van der Waals surface area contributed by atoms with Crippen molar-refractivity contribution in [1.82, 2.24) is 9.97 Å². The number of rotatable bonds is 7. The Morgan fingerprint density at radius 3 is 1.87 bits per heavy atom. The van der Waals surface area contributed by atoms with E-state index in [-0.39, 0.29) is 16.6 Å². The molecule has 236 valence electrons. The molecule has 0 fully saturated rings. The zero-order valence-corrected chi connectivity index (χ0v) is 28.2. The summed E-state index contributed by atoms with van der Waals surface area (Å²) in [5.41, 5.74) is 9.84. The van der Waals surface area contributed by atoms with Gasteiger partial charge in [0, 0.05) is 28.7 Å². The SMILES string of the molecule is CC(C)(C)c1cc(-c2cc(C(C)(C)C)cc(-c3cc(Cc4ccccc4)ccc3O)n2)cc(N(c2ccccc2)c2ccccn2)c1. The molecule has 0 atom stereocenters. The fourth-order valence-corrected chi connectivity index (χ4v) is 5.78. The fourth-order valence-electron chi connectivity index (χ4n) is 5.78. The number of nitrogens with zero attached hydrogens (tertiary/aromatic N) is 3. The van der Waals surface area contributed by atoms with Crippen molar-refractivity contribution in [3.63, 3.8) is 0 Å². The number of pyridine rings is 2. The van der Waals surface area contributed by atoms with Crippen LogP contribution in [0.15, 0.2) is 134 Å². The predicted octanol–water partition coefficient (Wildman–Crippen LogP) is 11.2. The van der Waals surface area contributed by atoms with E-state index in [1.54, 1.807) is 6.07 Å². The summed E-state index contributed by atoms with van der Waals surface area (Å²) in [7, 11) is 0. The van der Waals surface area contributed by atoms with Crippen molar-refractivity contribution < 1.29 is 5.11 Å². The van der Waals surface area contributed by atoms with Gasteiger partial charge < -0.3 is 5.11 Å². The molecule has 6 rings (SSSR count). The average Bonchev–Trinajstić information content (AvgIpc) is 3.06. The maximum atomic E-state index is 11.2. The molecule has 2 heterocycles. The van der Waals surface area contributed by atoms with Gasteiger partial charge in [0.15, 0.2) is 0 Å². The summed E-state index contributed by atoms with van der Waals surface area (Å²) < 4.78 is 0. The van der Waals surface area contributed by atoms with Crippen LogP contribution in [0.25, 0.3) is 22.5 Å². The Morgan fingerprint density at radius 1 is 0.574 bits per heavy atom. The van der Waals surface area contributed by atoms with E-state index in [0.29, 0.717) is 0 Å². The smallest absolute Gasteiger partial charge is 0.137 e. The summed E-state index contributed by atoms with van der Waals surface area (Å²) in [5.74, 6) is 1.06. The number of aromatic nitrogens is 2. The minimum absolute atomic E-state index is 0.119. The standard InChI is InChI=1S/C43H43N3O/c1-42(2,3)33-25-32(26-36(27-33)46(35-17-11-8-12-18-35)41-19-13-14-22-44-41)38-28-34(43(4,5)6)29-39(45-38)37-24-31(20-21-40(37)47)23-30-15-9-7-10-16-30/h7-22,24-29,47H,23H2,1-6H3. The number of para-hydroxylation sites is 1. The van der Waals surface area contributed by atoms with E-state index in [2.05, 4.69) is 131 Å². The molecular formula is C43H43N3O. The monoisotopic (exact) mass is 617 g/mol. The van der Waals surface area contributed by atoms with E-state index in [1.807, 2.05) is 42.6 Å². The first-order valence-electron chi connectivity index (χ1n) is 16.3. The molecule has 6 aromatic rings. The van der Waals surface area contributed by atoms with Gasteiger partial charge >= 0.3 is 0 Å². The zero-order valence-electron chi connectivity index (χ0n) is 28.2. The third-order valence-corrected chi connectivity index (χ3v) is 8.51. The lowest BCUT2D eigenvalue weighted by Gasteiger charge is -2.28. The van der Waals surface area contributed by atoms with Crippen molar-refractivity contribution in [2.24, 2.45) is 0 Å². The van der Waals surface area contributed by atoms with Crippen LogP contribution < -0.4 is 4.90 Å². The highest BCUT2D eigenvalue weighted by Crippen LogP contribution is 2.40. The lowest BCUT2D eigenvalue weighted by Crippen LogP contribution is -2.16. The molecule has 0 aliphatic rings. The van der Waals surface area contributed by atoms with Crippen molar-refractivity contribution in [2.75, 3.05) is 4.90 Å². The molecule has 4 heteroatoms. The van der Waals surface area contributed by atoms with Crippen molar-refractivity contribution in [2.45, 2.75) is 58.8 Å². The Hall–Kier alpha value is -5.22. The highest BCUT2D eigenvalue weighted by Gasteiger charge is 2.23.